The number of aryl methyl sites for hydroxylation is 2. The zero-order valence-electron chi connectivity index (χ0n) is 11.4. The van der Waals surface area contributed by atoms with Crippen molar-refractivity contribution in [2.45, 2.75) is 46.1 Å². The molecule has 0 radical (unpaired) electrons. The molecule has 18 heavy (non-hydrogen) atoms. The molecule has 2 heterocycles. The molecule has 1 aromatic rings. The zero-order chi connectivity index (χ0) is 13.3. The fraction of sp³-hybridized carbons (Fsp3) is 0.571. The average molecular weight is 263 g/mol. The van der Waals surface area contributed by atoms with Gasteiger partial charge in [0.25, 0.3) is 0 Å². The lowest BCUT2D eigenvalue weighted by molar-refractivity contribution is 0.639. The summed E-state index contributed by atoms with van der Waals surface area (Å²) >= 11 is 5.20. The van der Waals surface area contributed by atoms with Gasteiger partial charge in [-0.15, -0.1) is 0 Å². The highest BCUT2D eigenvalue weighted by Gasteiger charge is 2.27. The molecule has 1 atom stereocenters. The van der Waals surface area contributed by atoms with Crippen LogP contribution < -0.4 is 10.6 Å². The molecule has 1 aliphatic heterocycles. The van der Waals surface area contributed by atoms with Crippen LogP contribution in [0.2, 0.25) is 0 Å². The van der Waals surface area contributed by atoms with E-state index in [1.165, 1.54) is 12.8 Å². The third-order valence-electron chi connectivity index (χ3n) is 3.69. The summed E-state index contributed by atoms with van der Waals surface area (Å²) < 4.78 is 0. The summed E-state index contributed by atoms with van der Waals surface area (Å²) in [6.45, 7) is 7.37. The highest BCUT2D eigenvalue weighted by Crippen LogP contribution is 2.30. The molecule has 1 saturated heterocycles. The first kappa shape index (κ1) is 13.3. The number of thiocarbonyl (C=S) groups is 1. The third-order valence-corrected chi connectivity index (χ3v) is 3.90. The summed E-state index contributed by atoms with van der Waals surface area (Å²) in [5.41, 5.74) is 9.00. The minimum Gasteiger partial charge on any atom is -0.389 e. The molecule has 0 bridgehead atoms. The molecule has 0 spiro atoms. The van der Waals surface area contributed by atoms with Gasteiger partial charge in [-0.05, 0) is 44.7 Å². The number of rotatable bonds is 3. The highest BCUT2D eigenvalue weighted by atomic mass is 32.1. The van der Waals surface area contributed by atoms with Crippen LogP contribution in [-0.2, 0) is 0 Å². The van der Waals surface area contributed by atoms with Gasteiger partial charge in [0.15, 0.2) is 0 Å². The maximum Gasteiger partial charge on any atom is 0.139 e. The Morgan fingerprint density at radius 2 is 2.28 bits per heavy atom. The molecule has 0 amide bonds. The summed E-state index contributed by atoms with van der Waals surface area (Å²) in [6.07, 6.45) is 3.61. The van der Waals surface area contributed by atoms with Gasteiger partial charge in [0, 0.05) is 18.3 Å². The summed E-state index contributed by atoms with van der Waals surface area (Å²) in [5, 5.41) is 0. The smallest absolute Gasteiger partial charge is 0.139 e. The first-order valence-corrected chi connectivity index (χ1v) is 7.00. The summed E-state index contributed by atoms with van der Waals surface area (Å²) in [6, 6.07) is 2.63. The topological polar surface area (TPSA) is 42.2 Å². The Kier molecular flexibility index (Phi) is 3.85. The van der Waals surface area contributed by atoms with E-state index in [-0.39, 0.29) is 0 Å². The number of nitrogens with two attached hydrogens (primary N) is 1. The molecule has 3 nitrogen and oxygen atoms in total. The Morgan fingerprint density at radius 3 is 2.89 bits per heavy atom. The van der Waals surface area contributed by atoms with E-state index in [9.17, 15) is 0 Å². The SMILES string of the molecule is CCC1CCCN1c1nc(C)cc(C)c1C(N)=S. The molecule has 0 aromatic carbocycles. The van der Waals surface area contributed by atoms with Gasteiger partial charge in [0.2, 0.25) is 0 Å². The van der Waals surface area contributed by atoms with Crippen molar-refractivity contribution >= 4 is 23.0 Å². The van der Waals surface area contributed by atoms with Crippen LogP contribution in [0.25, 0.3) is 0 Å². The van der Waals surface area contributed by atoms with Gasteiger partial charge in [-0.3, -0.25) is 0 Å². The lowest BCUT2D eigenvalue weighted by Crippen LogP contribution is -2.32. The van der Waals surface area contributed by atoms with E-state index in [0.717, 1.165) is 35.6 Å². The number of hydrogen-bond acceptors (Lipinski definition) is 3. The van der Waals surface area contributed by atoms with Gasteiger partial charge in [0.05, 0.1) is 5.56 Å². The van der Waals surface area contributed by atoms with Gasteiger partial charge in [-0.2, -0.15) is 0 Å². The molecule has 98 valence electrons. The minimum absolute atomic E-state index is 0.455. The third kappa shape index (κ3) is 2.34. The van der Waals surface area contributed by atoms with Crippen molar-refractivity contribution in [1.29, 1.82) is 0 Å². The van der Waals surface area contributed by atoms with Crippen LogP contribution in [0.15, 0.2) is 6.07 Å². The van der Waals surface area contributed by atoms with Crippen LogP contribution in [0.1, 0.15) is 43.0 Å². The van der Waals surface area contributed by atoms with Crippen LogP contribution in [0, 0.1) is 13.8 Å². The molecule has 0 aliphatic carbocycles. The standard InChI is InChI=1S/C14H21N3S/c1-4-11-6-5-7-17(11)14-12(13(15)18)9(2)8-10(3)16-14/h8,11H,4-7H2,1-3H3,(H2,15,18). The second-order valence-electron chi connectivity index (χ2n) is 5.04. The van der Waals surface area contributed by atoms with Crippen molar-refractivity contribution in [3.63, 3.8) is 0 Å². The van der Waals surface area contributed by atoms with Crippen molar-refractivity contribution < 1.29 is 0 Å². The molecule has 1 unspecified atom stereocenters. The Bertz CT molecular complexity index is 470. The molecule has 0 saturated carbocycles. The fourth-order valence-corrected chi connectivity index (χ4v) is 3.12. The van der Waals surface area contributed by atoms with Crippen molar-refractivity contribution in [3.8, 4) is 0 Å². The fourth-order valence-electron chi connectivity index (χ4n) is 2.87. The first-order chi connectivity index (χ1) is 8.54. The molecule has 2 rings (SSSR count). The Morgan fingerprint density at radius 1 is 1.56 bits per heavy atom. The second kappa shape index (κ2) is 5.22. The quantitative estimate of drug-likeness (QED) is 0.851. The van der Waals surface area contributed by atoms with E-state index >= 15 is 0 Å². The molecule has 1 aromatic heterocycles. The molecular weight excluding hydrogens is 242 g/mol. The van der Waals surface area contributed by atoms with E-state index in [0.29, 0.717) is 11.0 Å². The second-order valence-corrected chi connectivity index (χ2v) is 5.48. The summed E-state index contributed by atoms with van der Waals surface area (Å²) in [4.78, 5) is 7.53. The van der Waals surface area contributed by atoms with Crippen LogP contribution >= 0.6 is 12.2 Å². The predicted molar refractivity (Wildman–Crippen MR) is 80.3 cm³/mol. The van der Waals surface area contributed by atoms with Crippen molar-refractivity contribution in [1.82, 2.24) is 4.98 Å². The van der Waals surface area contributed by atoms with Gasteiger partial charge < -0.3 is 10.6 Å². The van der Waals surface area contributed by atoms with Gasteiger partial charge in [0.1, 0.15) is 10.8 Å². The number of aromatic nitrogens is 1. The van der Waals surface area contributed by atoms with Crippen LogP contribution in [-0.4, -0.2) is 22.6 Å². The maximum atomic E-state index is 5.88. The minimum atomic E-state index is 0.455. The maximum absolute atomic E-state index is 5.88. The van der Waals surface area contributed by atoms with E-state index in [4.69, 9.17) is 22.9 Å². The van der Waals surface area contributed by atoms with Crippen molar-refractivity contribution in [3.05, 3.63) is 22.9 Å². The van der Waals surface area contributed by atoms with E-state index in [1.807, 2.05) is 6.92 Å². The van der Waals surface area contributed by atoms with Gasteiger partial charge >= 0.3 is 0 Å². The number of hydrogen-bond donors (Lipinski definition) is 1. The largest absolute Gasteiger partial charge is 0.389 e. The number of nitrogens with zero attached hydrogens (tertiary/aromatic N) is 2. The lowest BCUT2D eigenvalue weighted by atomic mass is 10.1. The van der Waals surface area contributed by atoms with E-state index in [1.54, 1.807) is 0 Å². The Hall–Kier alpha value is -1.16. The summed E-state index contributed by atoms with van der Waals surface area (Å²) in [7, 11) is 0. The zero-order valence-corrected chi connectivity index (χ0v) is 12.2. The molecule has 1 fully saturated rings. The molecule has 1 aliphatic rings. The monoisotopic (exact) mass is 263 g/mol. The average Bonchev–Trinajstić information content (AvgIpc) is 2.74. The Balaban J connectivity index is 2.51. The van der Waals surface area contributed by atoms with Gasteiger partial charge in [-0.1, -0.05) is 19.1 Å². The molecule has 4 heteroatoms. The van der Waals surface area contributed by atoms with Gasteiger partial charge in [-0.25, -0.2) is 4.98 Å². The molecular formula is C14H21N3S. The van der Waals surface area contributed by atoms with Crippen molar-refractivity contribution in [2.75, 3.05) is 11.4 Å². The van der Waals surface area contributed by atoms with Crippen LogP contribution in [0.3, 0.4) is 0 Å². The highest BCUT2D eigenvalue weighted by molar-refractivity contribution is 7.80. The first-order valence-electron chi connectivity index (χ1n) is 6.59. The van der Waals surface area contributed by atoms with Crippen molar-refractivity contribution in [2.24, 2.45) is 5.73 Å². The van der Waals surface area contributed by atoms with Crippen LogP contribution in [0.5, 0.6) is 0 Å². The molecule has 2 N–H and O–H groups in total. The van der Waals surface area contributed by atoms with E-state index < -0.39 is 0 Å². The summed E-state index contributed by atoms with van der Waals surface area (Å²) in [5.74, 6) is 0.990. The number of pyridine rings is 1. The number of anilines is 1. The predicted octanol–water partition coefficient (Wildman–Crippen LogP) is 2.71. The van der Waals surface area contributed by atoms with Crippen LogP contribution in [0.4, 0.5) is 5.82 Å². The Labute approximate surface area is 114 Å². The van der Waals surface area contributed by atoms with E-state index in [2.05, 4.69) is 24.8 Å². The lowest BCUT2D eigenvalue weighted by Gasteiger charge is -2.27. The normalized spacial score (nSPS) is 19.3.